The van der Waals surface area contributed by atoms with Crippen LogP contribution in [0.25, 0.3) is 5.65 Å². The molecule has 1 amide bonds. The average Bonchev–Trinajstić information content (AvgIpc) is 2.60. The van der Waals surface area contributed by atoms with E-state index in [1.807, 2.05) is 6.92 Å². The van der Waals surface area contributed by atoms with Crippen LogP contribution in [-0.4, -0.2) is 20.5 Å². The summed E-state index contributed by atoms with van der Waals surface area (Å²) in [5.41, 5.74) is 6.03. The number of fused-ring (bicyclic) bond motifs is 1. The number of halogens is 1. The van der Waals surface area contributed by atoms with Crippen molar-refractivity contribution in [2.24, 2.45) is 5.73 Å². The Morgan fingerprint density at radius 1 is 1.53 bits per heavy atom. The average molecular weight is 225 g/mol. The van der Waals surface area contributed by atoms with Crippen LogP contribution in [0.4, 0.5) is 0 Å². The largest absolute Gasteiger partial charge is 0.366 e. The van der Waals surface area contributed by atoms with E-state index in [4.69, 9.17) is 17.3 Å². The van der Waals surface area contributed by atoms with Crippen molar-refractivity contribution in [3.05, 3.63) is 28.7 Å². The van der Waals surface area contributed by atoms with Gasteiger partial charge in [0.15, 0.2) is 5.65 Å². The molecule has 78 valence electrons. The number of nitrogens with zero attached hydrogens (tertiary/aromatic N) is 3. The third-order valence-electron chi connectivity index (χ3n) is 2.13. The standard InChI is InChI=1S/C9H9ClN4O/c1-2-7-12-13-8-4-5(9(11)15)3-6(10)14(7)8/h3-4H,2H2,1H3,(H2,11,15). The van der Waals surface area contributed by atoms with Crippen LogP contribution in [0.2, 0.25) is 5.15 Å². The van der Waals surface area contributed by atoms with E-state index in [0.29, 0.717) is 16.4 Å². The van der Waals surface area contributed by atoms with Gasteiger partial charge in [0.2, 0.25) is 5.91 Å². The number of nitrogens with two attached hydrogens (primary N) is 1. The zero-order valence-corrected chi connectivity index (χ0v) is 8.82. The molecule has 6 heteroatoms. The summed E-state index contributed by atoms with van der Waals surface area (Å²) in [5.74, 6) is 0.228. The first-order valence-electron chi connectivity index (χ1n) is 4.47. The molecule has 0 fully saturated rings. The fraction of sp³-hybridized carbons (Fsp3) is 0.222. The van der Waals surface area contributed by atoms with Crippen LogP contribution in [0.15, 0.2) is 12.1 Å². The molecule has 2 rings (SSSR count). The second kappa shape index (κ2) is 3.51. The summed E-state index contributed by atoms with van der Waals surface area (Å²) in [6, 6.07) is 3.08. The fourth-order valence-electron chi connectivity index (χ4n) is 1.40. The van der Waals surface area contributed by atoms with Crippen molar-refractivity contribution in [2.75, 3.05) is 0 Å². The zero-order valence-electron chi connectivity index (χ0n) is 8.07. The molecule has 15 heavy (non-hydrogen) atoms. The van der Waals surface area contributed by atoms with Crippen LogP contribution < -0.4 is 5.73 Å². The Bertz CT molecular complexity index is 534. The summed E-state index contributed by atoms with van der Waals surface area (Å²) in [4.78, 5) is 11.0. The van der Waals surface area contributed by atoms with Crippen molar-refractivity contribution in [2.45, 2.75) is 13.3 Å². The normalized spacial score (nSPS) is 10.8. The van der Waals surface area contributed by atoms with Gasteiger partial charge in [-0.05, 0) is 12.1 Å². The molecule has 0 atom stereocenters. The molecule has 0 spiro atoms. The Balaban J connectivity index is 2.74. The van der Waals surface area contributed by atoms with Crippen LogP contribution in [0.3, 0.4) is 0 Å². The molecule has 5 nitrogen and oxygen atoms in total. The molecule has 0 aliphatic rings. The SMILES string of the molecule is CCc1nnc2cc(C(N)=O)cc(Cl)n12. The smallest absolute Gasteiger partial charge is 0.248 e. The van der Waals surface area contributed by atoms with Gasteiger partial charge in [-0.15, -0.1) is 10.2 Å². The van der Waals surface area contributed by atoms with E-state index in [-0.39, 0.29) is 0 Å². The highest BCUT2D eigenvalue weighted by atomic mass is 35.5. The molecule has 0 saturated heterocycles. The van der Waals surface area contributed by atoms with Crippen molar-refractivity contribution in [3.63, 3.8) is 0 Å². The summed E-state index contributed by atoms with van der Waals surface area (Å²) >= 11 is 6.01. The highest BCUT2D eigenvalue weighted by Crippen LogP contribution is 2.16. The van der Waals surface area contributed by atoms with Gasteiger partial charge in [0, 0.05) is 12.0 Å². The molecule has 0 aliphatic carbocycles. The first-order chi connectivity index (χ1) is 7.13. The quantitative estimate of drug-likeness (QED) is 0.775. The van der Waals surface area contributed by atoms with Gasteiger partial charge >= 0.3 is 0 Å². The maximum Gasteiger partial charge on any atom is 0.248 e. The van der Waals surface area contributed by atoms with Crippen molar-refractivity contribution in [1.82, 2.24) is 14.6 Å². The van der Waals surface area contributed by atoms with Gasteiger partial charge in [-0.2, -0.15) is 0 Å². The number of hydrogen-bond donors (Lipinski definition) is 1. The number of rotatable bonds is 2. The number of aromatic nitrogens is 3. The fourth-order valence-corrected chi connectivity index (χ4v) is 1.70. The number of aryl methyl sites for hydroxylation is 1. The van der Waals surface area contributed by atoms with Gasteiger partial charge in [-0.1, -0.05) is 18.5 Å². The lowest BCUT2D eigenvalue weighted by atomic mass is 10.2. The minimum atomic E-state index is -0.527. The minimum absolute atomic E-state index is 0.336. The van der Waals surface area contributed by atoms with E-state index >= 15 is 0 Å². The highest BCUT2D eigenvalue weighted by Gasteiger charge is 2.10. The Labute approximate surface area is 90.9 Å². The number of carbonyl (C=O) groups is 1. The van der Waals surface area contributed by atoms with Gasteiger partial charge in [-0.25, -0.2) is 0 Å². The van der Waals surface area contributed by atoms with Crippen molar-refractivity contribution in [3.8, 4) is 0 Å². The first-order valence-corrected chi connectivity index (χ1v) is 4.84. The predicted octanol–water partition coefficient (Wildman–Crippen LogP) is 1.04. The Morgan fingerprint density at radius 2 is 2.27 bits per heavy atom. The van der Waals surface area contributed by atoms with Gasteiger partial charge in [0.1, 0.15) is 11.0 Å². The number of primary amides is 1. The highest BCUT2D eigenvalue weighted by molar-refractivity contribution is 6.30. The molecule has 0 aromatic carbocycles. The predicted molar refractivity (Wildman–Crippen MR) is 55.9 cm³/mol. The monoisotopic (exact) mass is 224 g/mol. The maximum atomic E-state index is 11.0. The van der Waals surface area contributed by atoms with E-state index < -0.39 is 5.91 Å². The third-order valence-corrected chi connectivity index (χ3v) is 2.41. The summed E-state index contributed by atoms with van der Waals surface area (Å²) < 4.78 is 1.69. The second-order valence-corrected chi connectivity index (χ2v) is 3.48. The Kier molecular flexibility index (Phi) is 2.32. The molecule has 0 bridgehead atoms. The van der Waals surface area contributed by atoms with E-state index in [1.165, 1.54) is 6.07 Å². The van der Waals surface area contributed by atoms with Crippen LogP contribution in [0.5, 0.6) is 0 Å². The molecule has 0 saturated carbocycles. The minimum Gasteiger partial charge on any atom is -0.366 e. The van der Waals surface area contributed by atoms with Crippen molar-refractivity contribution < 1.29 is 4.79 Å². The Hall–Kier alpha value is -1.62. The lowest BCUT2D eigenvalue weighted by Gasteiger charge is -2.02. The van der Waals surface area contributed by atoms with Crippen LogP contribution in [0, 0.1) is 0 Å². The molecule has 2 heterocycles. The molecular weight excluding hydrogens is 216 g/mol. The van der Waals surface area contributed by atoms with Crippen molar-refractivity contribution >= 4 is 23.2 Å². The number of pyridine rings is 1. The molecule has 0 radical (unpaired) electrons. The van der Waals surface area contributed by atoms with Crippen LogP contribution >= 0.6 is 11.6 Å². The molecule has 2 aromatic heterocycles. The van der Waals surface area contributed by atoms with E-state index in [0.717, 1.165) is 12.2 Å². The second-order valence-electron chi connectivity index (χ2n) is 3.09. The first kappa shape index (κ1) is 9.92. The van der Waals surface area contributed by atoms with E-state index in [1.54, 1.807) is 10.5 Å². The molecule has 2 aromatic rings. The van der Waals surface area contributed by atoms with Crippen LogP contribution in [0.1, 0.15) is 23.1 Å². The molecular formula is C9H9ClN4O. The Morgan fingerprint density at radius 3 is 2.87 bits per heavy atom. The maximum absolute atomic E-state index is 11.0. The van der Waals surface area contributed by atoms with Crippen molar-refractivity contribution in [1.29, 1.82) is 0 Å². The zero-order chi connectivity index (χ0) is 11.0. The van der Waals surface area contributed by atoms with Gasteiger partial charge in [0.25, 0.3) is 0 Å². The van der Waals surface area contributed by atoms with E-state index in [9.17, 15) is 4.79 Å². The topological polar surface area (TPSA) is 73.3 Å². The van der Waals surface area contributed by atoms with Gasteiger partial charge in [0.05, 0.1) is 0 Å². The molecule has 0 unspecified atom stereocenters. The third kappa shape index (κ3) is 1.55. The molecule has 2 N–H and O–H groups in total. The summed E-state index contributed by atoms with van der Waals surface area (Å²) in [6.45, 7) is 1.95. The van der Waals surface area contributed by atoms with Gasteiger partial charge < -0.3 is 5.73 Å². The molecule has 0 aliphatic heterocycles. The van der Waals surface area contributed by atoms with Crippen LogP contribution in [-0.2, 0) is 6.42 Å². The van der Waals surface area contributed by atoms with E-state index in [2.05, 4.69) is 10.2 Å². The number of hydrogen-bond acceptors (Lipinski definition) is 3. The summed E-state index contributed by atoms with van der Waals surface area (Å²) in [6.07, 6.45) is 0.719. The summed E-state index contributed by atoms with van der Waals surface area (Å²) in [7, 11) is 0. The number of amides is 1. The lowest BCUT2D eigenvalue weighted by molar-refractivity contribution is 0.100. The van der Waals surface area contributed by atoms with Gasteiger partial charge in [-0.3, -0.25) is 9.20 Å². The summed E-state index contributed by atoms with van der Waals surface area (Å²) in [5, 5.41) is 8.26. The number of carbonyl (C=O) groups excluding carboxylic acids is 1. The lowest BCUT2D eigenvalue weighted by Crippen LogP contribution is -2.11.